The Morgan fingerprint density at radius 3 is 2.57 bits per heavy atom. The molecule has 1 N–H and O–H groups in total. The van der Waals surface area contributed by atoms with Gasteiger partial charge in [-0.25, -0.2) is 0 Å². The monoisotopic (exact) mass is 287 g/mol. The molecule has 0 atom stereocenters. The molecule has 21 heavy (non-hydrogen) atoms. The predicted octanol–water partition coefficient (Wildman–Crippen LogP) is 3.06. The number of piperidine rings is 1. The van der Waals surface area contributed by atoms with Crippen LogP contribution in [0.25, 0.3) is 0 Å². The van der Waals surface area contributed by atoms with Gasteiger partial charge in [-0.15, -0.1) is 0 Å². The lowest BCUT2D eigenvalue weighted by Crippen LogP contribution is -2.45. The van der Waals surface area contributed by atoms with Crippen molar-refractivity contribution in [3.8, 4) is 0 Å². The van der Waals surface area contributed by atoms with E-state index in [4.69, 9.17) is 0 Å². The average molecular weight is 287 g/mol. The number of nitrogens with one attached hydrogen (secondary N) is 1. The van der Waals surface area contributed by atoms with Crippen LogP contribution in [-0.4, -0.2) is 34.9 Å². The molecule has 0 unspecified atom stereocenters. The number of amides is 1. The average Bonchev–Trinajstić information content (AvgIpc) is 2.57. The highest BCUT2D eigenvalue weighted by Gasteiger charge is 2.28. The summed E-state index contributed by atoms with van der Waals surface area (Å²) in [6.45, 7) is 1.79. The number of anilines is 1. The summed E-state index contributed by atoms with van der Waals surface area (Å²) in [4.78, 5) is 18.7. The van der Waals surface area contributed by atoms with E-state index in [1.54, 1.807) is 6.20 Å². The van der Waals surface area contributed by atoms with Crippen LogP contribution in [0.4, 0.5) is 5.69 Å². The zero-order chi connectivity index (χ0) is 14.5. The summed E-state index contributed by atoms with van der Waals surface area (Å²) in [6.07, 6.45) is 11.7. The van der Waals surface area contributed by atoms with E-state index >= 15 is 0 Å². The second-order valence-corrected chi connectivity index (χ2v) is 6.32. The van der Waals surface area contributed by atoms with E-state index in [1.165, 1.54) is 19.3 Å². The molecule has 2 heterocycles. The van der Waals surface area contributed by atoms with Crippen molar-refractivity contribution < 1.29 is 4.79 Å². The van der Waals surface area contributed by atoms with Crippen LogP contribution in [0.15, 0.2) is 24.5 Å². The van der Waals surface area contributed by atoms with Crippen molar-refractivity contribution >= 4 is 11.6 Å². The largest absolute Gasteiger partial charge is 0.381 e. The molecule has 1 saturated carbocycles. The van der Waals surface area contributed by atoms with Crippen molar-refractivity contribution in [3.63, 3.8) is 0 Å². The third-order valence-corrected chi connectivity index (χ3v) is 4.79. The van der Waals surface area contributed by atoms with Gasteiger partial charge in [-0.1, -0.05) is 19.3 Å². The van der Waals surface area contributed by atoms with Crippen LogP contribution >= 0.6 is 0 Å². The molecule has 0 radical (unpaired) electrons. The molecule has 2 fully saturated rings. The highest BCUT2D eigenvalue weighted by Crippen LogP contribution is 2.27. The minimum atomic E-state index is 0.307. The summed E-state index contributed by atoms with van der Waals surface area (Å²) in [5.41, 5.74) is 1.08. The van der Waals surface area contributed by atoms with Gasteiger partial charge in [0.2, 0.25) is 5.91 Å². The molecule has 1 aromatic heterocycles. The molecule has 4 nitrogen and oxygen atoms in total. The lowest BCUT2D eigenvalue weighted by Gasteiger charge is -2.35. The summed E-state index contributed by atoms with van der Waals surface area (Å²) >= 11 is 0. The molecule has 114 valence electrons. The van der Waals surface area contributed by atoms with Crippen LogP contribution in [-0.2, 0) is 4.79 Å². The highest BCUT2D eigenvalue weighted by atomic mass is 16.2. The highest BCUT2D eigenvalue weighted by molar-refractivity contribution is 5.79. The van der Waals surface area contributed by atoms with Crippen LogP contribution in [0, 0.1) is 5.92 Å². The Morgan fingerprint density at radius 2 is 1.90 bits per heavy atom. The minimum Gasteiger partial charge on any atom is -0.381 e. The maximum absolute atomic E-state index is 12.5. The lowest BCUT2D eigenvalue weighted by atomic mass is 9.87. The molecule has 0 aromatic carbocycles. The van der Waals surface area contributed by atoms with E-state index < -0.39 is 0 Å². The zero-order valence-electron chi connectivity index (χ0n) is 12.6. The van der Waals surface area contributed by atoms with Crippen molar-refractivity contribution in [1.29, 1.82) is 0 Å². The minimum absolute atomic E-state index is 0.307. The molecule has 2 aliphatic rings. The molecule has 1 aliphatic heterocycles. The van der Waals surface area contributed by atoms with Crippen molar-refractivity contribution in [3.05, 3.63) is 24.5 Å². The molecule has 0 bridgehead atoms. The summed E-state index contributed by atoms with van der Waals surface area (Å²) < 4.78 is 0. The second-order valence-electron chi connectivity index (χ2n) is 6.32. The van der Waals surface area contributed by atoms with E-state index in [1.807, 2.05) is 18.3 Å². The molecular formula is C17H25N3O. The Bertz CT molecular complexity index is 448. The molecule has 3 rings (SSSR count). The molecule has 1 aliphatic carbocycles. The van der Waals surface area contributed by atoms with Crippen molar-refractivity contribution in [2.24, 2.45) is 5.92 Å². The van der Waals surface area contributed by atoms with E-state index in [0.29, 0.717) is 17.9 Å². The van der Waals surface area contributed by atoms with Crippen LogP contribution in [0.5, 0.6) is 0 Å². The maximum Gasteiger partial charge on any atom is 0.225 e. The number of hydrogen-bond donors (Lipinski definition) is 1. The molecule has 4 heteroatoms. The Kier molecular flexibility index (Phi) is 4.73. The zero-order valence-corrected chi connectivity index (χ0v) is 12.6. The second kappa shape index (κ2) is 6.92. The normalized spacial score (nSPS) is 21.2. The maximum atomic E-state index is 12.5. The number of nitrogens with zero attached hydrogens (tertiary/aromatic N) is 2. The quantitative estimate of drug-likeness (QED) is 0.929. The fourth-order valence-electron chi connectivity index (χ4n) is 3.54. The van der Waals surface area contributed by atoms with Crippen molar-refractivity contribution in [2.75, 3.05) is 18.4 Å². The number of likely N-dealkylation sites (tertiary alicyclic amines) is 1. The van der Waals surface area contributed by atoms with Crippen LogP contribution in [0.3, 0.4) is 0 Å². The standard InChI is InChI=1S/C17H25N3O/c21-17(14-5-2-1-3-6-14)20-11-8-15(9-12-20)19-16-7-4-10-18-13-16/h4,7,10,13-15,19H,1-3,5-6,8-9,11-12H2. The number of carbonyl (C=O) groups excluding carboxylic acids is 1. The van der Waals surface area contributed by atoms with E-state index in [-0.39, 0.29) is 0 Å². The van der Waals surface area contributed by atoms with Gasteiger partial charge in [-0.05, 0) is 37.8 Å². The number of aromatic nitrogens is 1. The summed E-state index contributed by atoms with van der Waals surface area (Å²) in [5, 5.41) is 3.52. The van der Waals surface area contributed by atoms with Crippen molar-refractivity contribution in [2.45, 2.75) is 51.0 Å². The van der Waals surface area contributed by atoms with Gasteiger partial charge in [-0.2, -0.15) is 0 Å². The Hall–Kier alpha value is -1.58. The first-order valence-electron chi connectivity index (χ1n) is 8.28. The van der Waals surface area contributed by atoms with E-state index in [9.17, 15) is 4.79 Å². The summed E-state index contributed by atoms with van der Waals surface area (Å²) in [5.74, 6) is 0.719. The van der Waals surface area contributed by atoms with Gasteiger partial charge in [0, 0.05) is 37.4 Å². The first-order valence-corrected chi connectivity index (χ1v) is 8.28. The van der Waals surface area contributed by atoms with Gasteiger partial charge in [0.05, 0.1) is 5.69 Å². The van der Waals surface area contributed by atoms with Gasteiger partial charge >= 0.3 is 0 Å². The number of rotatable bonds is 3. The molecule has 0 spiro atoms. The Balaban J connectivity index is 1.47. The van der Waals surface area contributed by atoms with Gasteiger partial charge in [0.1, 0.15) is 0 Å². The first kappa shape index (κ1) is 14.4. The molecule has 1 amide bonds. The first-order chi connectivity index (χ1) is 10.3. The van der Waals surface area contributed by atoms with Gasteiger partial charge in [0.25, 0.3) is 0 Å². The lowest BCUT2D eigenvalue weighted by molar-refractivity contribution is -0.137. The smallest absolute Gasteiger partial charge is 0.225 e. The van der Waals surface area contributed by atoms with Gasteiger partial charge in [0.15, 0.2) is 0 Å². The summed E-state index contributed by atoms with van der Waals surface area (Å²) in [6, 6.07) is 4.46. The molecule has 1 aromatic rings. The predicted molar refractivity (Wildman–Crippen MR) is 84.0 cm³/mol. The van der Waals surface area contributed by atoms with E-state index in [2.05, 4.69) is 15.2 Å². The number of hydrogen-bond acceptors (Lipinski definition) is 3. The molecule has 1 saturated heterocycles. The van der Waals surface area contributed by atoms with Crippen molar-refractivity contribution in [1.82, 2.24) is 9.88 Å². The third-order valence-electron chi connectivity index (χ3n) is 4.79. The van der Waals surface area contributed by atoms with Crippen LogP contribution in [0.1, 0.15) is 44.9 Å². The fraction of sp³-hybridized carbons (Fsp3) is 0.647. The van der Waals surface area contributed by atoms with Crippen LogP contribution < -0.4 is 5.32 Å². The Morgan fingerprint density at radius 1 is 1.14 bits per heavy atom. The Labute approximate surface area is 126 Å². The summed E-state index contributed by atoms with van der Waals surface area (Å²) in [7, 11) is 0. The van der Waals surface area contributed by atoms with Crippen LogP contribution in [0.2, 0.25) is 0 Å². The number of pyridine rings is 1. The SMILES string of the molecule is O=C(C1CCCCC1)N1CCC(Nc2cccnc2)CC1. The van der Waals surface area contributed by atoms with Gasteiger partial charge in [-0.3, -0.25) is 9.78 Å². The topological polar surface area (TPSA) is 45.2 Å². The fourth-order valence-corrected chi connectivity index (χ4v) is 3.54. The third kappa shape index (κ3) is 3.74. The number of carbonyl (C=O) groups is 1. The van der Waals surface area contributed by atoms with Gasteiger partial charge < -0.3 is 10.2 Å². The molecular weight excluding hydrogens is 262 g/mol. The van der Waals surface area contributed by atoms with E-state index in [0.717, 1.165) is 44.5 Å².